The molecule has 1 N–H and O–H groups in total. The van der Waals surface area contributed by atoms with Crippen molar-refractivity contribution in [1.29, 1.82) is 0 Å². The van der Waals surface area contributed by atoms with Crippen LogP contribution in [0.2, 0.25) is 0 Å². The third-order valence-electron chi connectivity index (χ3n) is 0.992. The van der Waals surface area contributed by atoms with Gasteiger partial charge in [0.2, 0.25) is 0 Å². The van der Waals surface area contributed by atoms with Gasteiger partial charge in [-0.1, -0.05) is 13.2 Å². The molecule has 14 heavy (non-hydrogen) atoms. The molecule has 0 rings (SSSR count). The van der Waals surface area contributed by atoms with Gasteiger partial charge in [-0.2, -0.15) is 0 Å². The predicted molar refractivity (Wildman–Crippen MR) is 42.2 cm³/mol. The van der Waals surface area contributed by atoms with Crippen LogP contribution in [0.4, 0.5) is 13.2 Å². The number of ether oxygens (including phenoxy) is 1. The maximum atomic E-state index is 11.5. The summed E-state index contributed by atoms with van der Waals surface area (Å²) in [6.45, 7) is 5.97. The van der Waals surface area contributed by atoms with Crippen molar-refractivity contribution >= 4 is 5.97 Å². The highest BCUT2D eigenvalue weighted by molar-refractivity contribution is 5.89. The maximum Gasteiger partial charge on any atom is 0.573 e. The molecule has 0 amide bonds. The summed E-state index contributed by atoms with van der Waals surface area (Å²) in [6, 6.07) is 0. The van der Waals surface area contributed by atoms with Gasteiger partial charge in [-0.25, -0.2) is 4.79 Å². The van der Waals surface area contributed by atoms with Crippen LogP contribution in [-0.2, 0) is 9.53 Å². The lowest BCUT2D eigenvalue weighted by Gasteiger charge is -2.07. The maximum absolute atomic E-state index is 11.5. The van der Waals surface area contributed by atoms with Crippen molar-refractivity contribution in [3.05, 3.63) is 36.6 Å². The molecular weight excluding hydrogens is 201 g/mol. The van der Waals surface area contributed by atoms with Gasteiger partial charge in [-0.3, -0.25) is 0 Å². The average Bonchev–Trinajstić information content (AvgIpc) is 1.96. The normalized spacial score (nSPS) is 11.4. The van der Waals surface area contributed by atoms with Gasteiger partial charge in [-0.15, -0.1) is 13.2 Å². The monoisotopic (exact) mass is 208 g/mol. The molecule has 0 saturated carbocycles. The van der Waals surface area contributed by atoms with Gasteiger partial charge in [0.15, 0.2) is 0 Å². The molecule has 0 atom stereocenters. The van der Waals surface area contributed by atoms with Gasteiger partial charge < -0.3 is 9.84 Å². The number of carbonyl (C=O) groups is 1. The zero-order valence-corrected chi connectivity index (χ0v) is 6.97. The highest BCUT2D eigenvalue weighted by Gasteiger charge is 2.30. The molecule has 0 bridgehead atoms. The zero-order valence-electron chi connectivity index (χ0n) is 6.97. The van der Waals surface area contributed by atoms with Crippen molar-refractivity contribution in [2.24, 2.45) is 0 Å². The van der Waals surface area contributed by atoms with Gasteiger partial charge in [0.25, 0.3) is 0 Å². The fourth-order valence-electron chi connectivity index (χ4n) is 0.447. The Labute approximate surface area is 77.8 Å². The Bertz CT molecular complexity index is 289. The highest BCUT2D eigenvalue weighted by atomic mass is 19.4. The molecule has 3 nitrogen and oxygen atoms in total. The summed E-state index contributed by atoms with van der Waals surface area (Å²) in [7, 11) is 0. The molecule has 0 heterocycles. The molecule has 0 aliphatic heterocycles. The SMILES string of the molecule is C=C(/C=C\C(=C)C(=O)O)OC(F)(F)F. The standard InChI is InChI=1S/C8H7F3O3/c1-5(7(12)13)3-4-6(2)14-8(9,10)11/h3-4H,1-2H2,(H,12,13)/b4-3-. The minimum atomic E-state index is -4.83. The molecule has 0 aliphatic carbocycles. The van der Waals surface area contributed by atoms with Crippen LogP contribution < -0.4 is 0 Å². The van der Waals surface area contributed by atoms with E-state index >= 15 is 0 Å². The van der Waals surface area contributed by atoms with Crippen LogP contribution in [0.25, 0.3) is 0 Å². The molecule has 78 valence electrons. The molecule has 0 fully saturated rings. The highest BCUT2D eigenvalue weighted by Crippen LogP contribution is 2.20. The van der Waals surface area contributed by atoms with E-state index in [0.29, 0.717) is 0 Å². The van der Waals surface area contributed by atoms with Crippen LogP contribution in [0.15, 0.2) is 36.6 Å². The van der Waals surface area contributed by atoms with Gasteiger partial charge >= 0.3 is 12.3 Å². The number of halogens is 3. The van der Waals surface area contributed by atoms with E-state index in [1.165, 1.54) is 0 Å². The second-order valence-electron chi connectivity index (χ2n) is 2.18. The second-order valence-corrected chi connectivity index (χ2v) is 2.18. The summed E-state index contributed by atoms with van der Waals surface area (Å²) < 4.78 is 38.0. The molecule has 0 aromatic heterocycles. The smallest absolute Gasteiger partial charge is 0.478 e. The molecule has 0 unspecified atom stereocenters. The molecule has 0 aromatic rings. The fraction of sp³-hybridized carbons (Fsp3) is 0.125. The first-order valence-electron chi connectivity index (χ1n) is 3.27. The van der Waals surface area contributed by atoms with Crippen molar-refractivity contribution < 1.29 is 27.8 Å². The Morgan fingerprint density at radius 3 is 2.14 bits per heavy atom. The lowest BCUT2D eigenvalue weighted by molar-refractivity contribution is -0.303. The minimum absolute atomic E-state index is 0.364. The van der Waals surface area contributed by atoms with Crippen LogP contribution in [-0.4, -0.2) is 17.4 Å². The number of allylic oxidation sites excluding steroid dienone is 1. The largest absolute Gasteiger partial charge is 0.573 e. The van der Waals surface area contributed by atoms with Crippen LogP contribution in [0.3, 0.4) is 0 Å². The fourth-order valence-corrected chi connectivity index (χ4v) is 0.447. The molecule has 0 aliphatic rings. The van der Waals surface area contributed by atoms with Gasteiger partial charge in [0.1, 0.15) is 5.76 Å². The molecule has 0 aromatic carbocycles. The van der Waals surface area contributed by atoms with Crippen LogP contribution >= 0.6 is 0 Å². The summed E-state index contributed by atoms with van der Waals surface area (Å²) >= 11 is 0. The van der Waals surface area contributed by atoms with E-state index in [-0.39, 0.29) is 5.57 Å². The Kier molecular flexibility index (Phi) is 3.95. The molecule has 0 spiro atoms. The number of aliphatic carboxylic acids is 1. The Balaban J connectivity index is 4.21. The third kappa shape index (κ3) is 5.87. The van der Waals surface area contributed by atoms with Crippen molar-refractivity contribution in [2.45, 2.75) is 6.36 Å². The van der Waals surface area contributed by atoms with Crippen LogP contribution in [0, 0.1) is 0 Å². The quantitative estimate of drug-likeness (QED) is 0.437. The first-order valence-corrected chi connectivity index (χ1v) is 3.27. The number of hydrogen-bond acceptors (Lipinski definition) is 2. The number of hydrogen-bond donors (Lipinski definition) is 1. The second kappa shape index (κ2) is 4.50. The van der Waals surface area contributed by atoms with E-state index in [2.05, 4.69) is 17.9 Å². The summed E-state index contributed by atoms with van der Waals surface area (Å²) in [6.07, 6.45) is -3.20. The van der Waals surface area contributed by atoms with E-state index in [1.54, 1.807) is 0 Å². The van der Waals surface area contributed by atoms with Crippen LogP contribution in [0.5, 0.6) is 0 Å². The topological polar surface area (TPSA) is 46.5 Å². The summed E-state index contributed by atoms with van der Waals surface area (Å²) in [5, 5.41) is 8.28. The zero-order chi connectivity index (χ0) is 11.4. The number of carboxylic acids is 1. The minimum Gasteiger partial charge on any atom is -0.478 e. The average molecular weight is 208 g/mol. The summed E-state index contributed by atoms with van der Waals surface area (Å²) in [5.74, 6) is -2.04. The molecular formula is C8H7F3O3. The van der Waals surface area contributed by atoms with Crippen molar-refractivity contribution in [2.75, 3.05) is 0 Å². The first-order chi connectivity index (χ1) is 6.22. The van der Waals surface area contributed by atoms with Crippen molar-refractivity contribution in [3.8, 4) is 0 Å². The molecule has 0 radical (unpaired) electrons. The van der Waals surface area contributed by atoms with Crippen LogP contribution in [0.1, 0.15) is 0 Å². The Morgan fingerprint density at radius 2 is 1.79 bits per heavy atom. The summed E-state index contributed by atoms with van der Waals surface area (Å²) in [4.78, 5) is 10.2. The summed E-state index contributed by atoms with van der Waals surface area (Å²) in [5.41, 5.74) is -0.364. The Morgan fingerprint density at radius 1 is 1.29 bits per heavy atom. The van der Waals surface area contributed by atoms with Crippen molar-refractivity contribution in [1.82, 2.24) is 0 Å². The van der Waals surface area contributed by atoms with Gasteiger partial charge in [-0.05, 0) is 12.2 Å². The van der Waals surface area contributed by atoms with Gasteiger partial charge in [0, 0.05) is 0 Å². The number of rotatable bonds is 4. The lowest BCUT2D eigenvalue weighted by Crippen LogP contribution is -2.11. The van der Waals surface area contributed by atoms with E-state index in [1.807, 2.05) is 0 Å². The van der Waals surface area contributed by atoms with E-state index in [4.69, 9.17) is 5.11 Å². The van der Waals surface area contributed by atoms with E-state index in [9.17, 15) is 18.0 Å². The van der Waals surface area contributed by atoms with E-state index in [0.717, 1.165) is 12.2 Å². The molecule has 6 heteroatoms. The molecule has 0 saturated heterocycles. The predicted octanol–water partition coefficient (Wildman–Crippen LogP) is 2.23. The Hall–Kier alpha value is -1.72. The number of alkyl halides is 3. The third-order valence-corrected chi connectivity index (χ3v) is 0.992. The van der Waals surface area contributed by atoms with Crippen molar-refractivity contribution in [3.63, 3.8) is 0 Å². The first kappa shape index (κ1) is 12.3. The number of carboxylic acid groups (broad SMARTS) is 1. The van der Waals surface area contributed by atoms with Gasteiger partial charge in [0.05, 0.1) is 5.57 Å². The lowest BCUT2D eigenvalue weighted by atomic mass is 10.3. The van der Waals surface area contributed by atoms with E-state index < -0.39 is 18.1 Å².